The van der Waals surface area contributed by atoms with Crippen molar-refractivity contribution < 1.29 is 59.6 Å². The summed E-state index contributed by atoms with van der Waals surface area (Å²) < 4.78 is 0. The molecular weight excluding hydrogens is 215 g/mol. The molecule has 0 saturated carbocycles. The molecule has 0 spiro atoms. The van der Waals surface area contributed by atoms with E-state index in [2.05, 4.69) is 0 Å². The van der Waals surface area contributed by atoms with Gasteiger partial charge in [-0.25, -0.2) is 0 Å². The van der Waals surface area contributed by atoms with Crippen LogP contribution in [0.2, 0.25) is 0 Å². The Morgan fingerprint density at radius 3 is 1.53 bits per heavy atom. The van der Waals surface area contributed by atoms with E-state index in [0.717, 1.165) is 0 Å². The molecule has 0 atom stereocenters. The quantitative estimate of drug-likeness (QED) is 0.395. The first kappa shape index (κ1) is 20.3. The first-order chi connectivity index (χ1) is 6.54. The Kier molecular flexibility index (Phi) is 22.0. The van der Waals surface area contributed by atoms with Crippen LogP contribution in [0.3, 0.4) is 0 Å². The number of aliphatic hydroxyl groups excluding tert-OH is 2. The van der Waals surface area contributed by atoms with E-state index in [1.807, 2.05) is 0 Å². The Balaban J connectivity index is -0.000000180. The van der Waals surface area contributed by atoms with Gasteiger partial charge in [0.25, 0.3) is 0 Å². The molecule has 0 bridgehead atoms. The van der Waals surface area contributed by atoms with E-state index in [1.165, 1.54) is 0 Å². The van der Waals surface area contributed by atoms with Gasteiger partial charge >= 0.3 is 35.5 Å². The molecule has 0 saturated heterocycles. The maximum absolute atomic E-state index is 9.65. The van der Waals surface area contributed by atoms with Gasteiger partial charge < -0.3 is 25.2 Å². The van der Waals surface area contributed by atoms with Gasteiger partial charge in [-0.05, 0) is 19.3 Å². The Morgan fingerprint density at radius 1 is 1.00 bits per heavy atom. The maximum Gasteiger partial charge on any atom is 1.00 e. The number of aliphatic carboxylic acids is 2. The van der Waals surface area contributed by atoms with Gasteiger partial charge in [-0.3, -0.25) is 4.79 Å². The number of hydrogen-bond acceptors (Lipinski definition) is 5. The Bertz CT molecular complexity index is 143. The fourth-order valence-corrected chi connectivity index (χ4v) is 0.454. The van der Waals surface area contributed by atoms with Crippen LogP contribution in [0.15, 0.2) is 0 Å². The maximum atomic E-state index is 9.65. The molecule has 0 aromatic heterocycles. The molecule has 0 aliphatic carbocycles. The number of carbonyl (C=O) groups excluding carboxylic acids is 1. The van der Waals surface area contributed by atoms with Crippen LogP contribution in [0.1, 0.15) is 25.7 Å². The van der Waals surface area contributed by atoms with Crippen molar-refractivity contribution in [3.8, 4) is 0 Å². The molecule has 84 valence electrons. The first-order valence-corrected chi connectivity index (χ1v) is 4.18. The topological polar surface area (TPSA) is 118 Å². The molecule has 0 heterocycles. The number of carboxylic acids is 2. The molecule has 0 fully saturated rings. The molecule has 0 aromatic rings. The smallest absolute Gasteiger partial charge is 0.550 e. The van der Waals surface area contributed by atoms with Crippen LogP contribution in [0.25, 0.3) is 0 Å². The van der Waals surface area contributed by atoms with Crippen LogP contribution in [0, 0.1) is 0 Å². The zero-order valence-electron chi connectivity index (χ0n) is 8.81. The van der Waals surface area contributed by atoms with Gasteiger partial charge in [0.1, 0.15) is 0 Å². The largest absolute Gasteiger partial charge is 1.00 e. The van der Waals surface area contributed by atoms with Gasteiger partial charge in [0.05, 0.1) is 0 Å². The minimum Gasteiger partial charge on any atom is -0.550 e. The molecular formula is C8H15NaO6. The summed E-state index contributed by atoms with van der Waals surface area (Å²) in [5.41, 5.74) is 0. The van der Waals surface area contributed by atoms with E-state index in [1.54, 1.807) is 0 Å². The van der Waals surface area contributed by atoms with E-state index in [4.69, 9.17) is 15.3 Å². The van der Waals surface area contributed by atoms with E-state index in [9.17, 15) is 14.7 Å². The second-order valence-corrected chi connectivity index (χ2v) is 2.42. The van der Waals surface area contributed by atoms with Gasteiger partial charge in [0, 0.05) is 25.6 Å². The predicted octanol–water partition coefficient (Wildman–Crippen LogP) is -4.64. The minimum atomic E-state index is -1.10. The van der Waals surface area contributed by atoms with Crippen LogP contribution in [0.5, 0.6) is 0 Å². The van der Waals surface area contributed by atoms with Gasteiger partial charge in [0.15, 0.2) is 0 Å². The molecule has 7 heteroatoms. The van der Waals surface area contributed by atoms with Gasteiger partial charge in [-0.15, -0.1) is 0 Å². The number of hydrogen-bond donors (Lipinski definition) is 3. The fourth-order valence-electron chi connectivity index (χ4n) is 0.454. The number of carbonyl (C=O) groups is 2. The molecule has 0 radical (unpaired) electrons. The summed E-state index contributed by atoms with van der Waals surface area (Å²) in [6.45, 7) is -0.111. The Labute approximate surface area is 110 Å². The van der Waals surface area contributed by atoms with E-state index in [0.29, 0.717) is 12.8 Å². The zero-order valence-corrected chi connectivity index (χ0v) is 10.8. The van der Waals surface area contributed by atoms with Crippen LogP contribution < -0.4 is 34.7 Å². The average molecular weight is 230 g/mol. The standard InChI is InChI=1S/2C4H8O3.Na/c2*5-3-1-2-4(6)7;/h2*5H,1-3H2,(H,6,7);/q;;+1/p-1. The van der Waals surface area contributed by atoms with Crippen LogP contribution >= 0.6 is 0 Å². The third kappa shape index (κ3) is 31.6. The summed E-state index contributed by atoms with van der Waals surface area (Å²) in [6.07, 6.45) is 0.671. The summed E-state index contributed by atoms with van der Waals surface area (Å²) in [4.78, 5) is 19.2. The number of aliphatic hydroxyl groups is 2. The summed E-state index contributed by atoms with van der Waals surface area (Å²) in [6, 6.07) is 0. The van der Waals surface area contributed by atoms with Crippen molar-refractivity contribution in [1.29, 1.82) is 0 Å². The minimum absolute atomic E-state index is 0. The van der Waals surface area contributed by atoms with Crippen molar-refractivity contribution in [2.45, 2.75) is 25.7 Å². The fraction of sp³-hybridized carbons (Fsp3) is 0.750. The van der Waals surface area contributed by atoms with Crippen LogP contribution in [-0.4, -0.2) is 40.5 Å². The molecule has 0 aliphatic rings. The zero-order chi connectivity index (χ0) is 11.4. The summed E-state index contributed by atoms with van der Waals surface area (Å²) in [7, 11) is 0. The van der Waals surface area contributed by atoms with Crippen LogP contribution in [-0.2, 0) is 9.59 Å². The molecule has 0 aliphatic heterocycles. The SMILES string of the molecule is O=C(O)CCCO.O=C([O-])CCCO.[Na+]. The monoisotopic (exact) mass is 230 g/mol. The molecule has 15 heavy (non-hydrogen) atoms. The summed E-state index contributed by atoms with van der Waals surface area (Å²) in [5.74, 6) is -1.96. The second kappa shape index (κ2) is 16.3. The van der Waals surface area contributed by atoms with Crippen LogP contribution in [0.4, 0.5) is 0 Å². The summed E-state index contributed by atoms with van der Waals surface area (Å²) >= 11 is 0. The molecule has 0 unspecified atom stereocenters. The van der Waals surface area contributed by atoms with E-state index < -0.39 is 11.9 Å². The predicted molar refractivity (Wildman–Crippen MR) is 45.3 cm³/mol. The van der Waals surface area contributed by atoms with Gasteiger partial charge in [0.2, 0.25) is 0 Å². The number of rotatable bonds is 6. The van der Waals surface area contributed by atoms with E-state index in [-0.39, 0.29) is 55.6 Å². The van der Waals surface area contributed by atoms with Crippen molar-refractivity contribution in [1.82, 2.24) is 0 Å². The normalized spacial score (nSPS) is 8.13. The second-order valence-electron chi connectivity index (χ2n) is 2.42. The van der Waals surface area contributed by atoms with Crippen molar-refractivity contribution in [3.05, 3.63) is 0 Å². The van der Waals surface area contributed by atoms with Gasteiger partial charge in [-0.2, -0.15) is 0 Å². The Hall–Kier alpha value is -0.140. The van der Waals surface area contributed by atoms with Gasteiger partial charge in [-0.1, -0.05) is 0 Å². The molecule has 6 nitrogen and oxygen atoms in total. The first-order valence-electron chi connectivity index (χ1n) is 4.18. The number of carboxylic acid groups (broad SMARTS) is 2. The van der Waals surface area contributed by atoms with Crippen molar-refractivity contribution in [2.75, 3.05) is 13.2 Å². The van der Waals surface area contributed by atoms with Crippen molar-refractivity contribution in [2.24, 2.45) is 0 Å². The van der Waals surface area contributed by atoms with Crippen molar-refractivity contribution in [3.63, 3.8) is 0 Å². The Morgan fingerprint density at radius 2 is 1.40 bits per heavy atom. The third-order valence-electron chi connectivity index (χ3n) is 1.09. The average Bonchev–Trinajstić information content (AvgIpc) is 2.12. The molecule has 0 aromatic carbocycles. The molecule has 0 rings (SSSR count). The molecule has 3 N–H and O–H groups in total. The van der Waals surface area contributed by atoms with Crippen molar-refractivity contribution >= 4 is 11.9 Å². The van der Waals surface area contributed by atoms with E-state index >= 15 is 0 Å². The summed E-state index contributed by atoms with van der Waals surface area (Å²) in [5, 5.41) is 33.5. The molecule has 0 amide bonds. The third-order valence-corrected chi connectivity index (χ3v) is 1.09.